The van der Waals surface area contributed by atoms with Crippen molar-refractivity contribution in [2.45, 2.75) is 92.3 Å². The van der Waals surface area contributed by atoms with Crippen molar-refractivity contribution in [1.29, 1.82) is 0 Å². The number of carbonyl (C=O) groups excluding carboxylic acids is 2. The van der Waals surface area contributed by atoms with Gasteiger partial charge in [0.2, 0.25) is 5.91 Å². The molecule has 0 radical (unpaired) electrons. The summed E-state index contributed by atoms with van der Waals surface area (Å²) in [7, 11) is 0. The van der Waals surface area contributed by atoms with Crippen LogP contribution in [0.4, 0.5) is 0 Å². The summed E-state index contributed by atoms with van der Waals surface area (Å²) in [6.07, 6.45) is -0.272. The number of nitrogens with one attached hydrogen (secondary N) is 1. The van der Waals surface area contributed by atoms with Gasteiger partial charge in [0.15, 0.2) is 0 Å². The molecule has 0 aromatic carbocycles. The van der Waals surface area contributed by atoms with Crippen LogP contribution in [-0.2, 0) is 14.3 Å². The van der Waals surface area contributed by atoms with Gasteiger partial charge >= 0.3 is 5.97 Å². The van der Waals surface area contributed by atoms with Crippen LogP contribution < -0.4 is 5.32 Å². The Balaban J connectivity index is 4.51. The van der Waals surface area contributed by atoms with E-state index in [9.17, 15) is 19.8 Å². The van der Waals surface area contributed by atoms with Crippen LogP contribution in [0.2, 0.25) is 0 Å². The third kappa shape index (κ3) is 9.92. The van der Waals surface area contributed by atoms with E-state index in [0.717, 1.165) is 6.42 Å². The predicted molar refractivity (Wildman–Crippen MR) is 115 cm³/mol. The Morgan fingerprint density at radius 2 is 1.62 bits per heavy atom. The molecule has 0 fully saturated rings. The summed E-state index contributed by atoms with van der Waals surface area (Å²) in [6.45, 7) is 19.2. The van der Waals surface area contributed by atoms with Crippen molar-refractivity contribution in [3.63, 3.8) is 0 Å². The van der Waals surface area contributed by atoms with E-state index in [-0.39, 0.29) is 37.3 Å². The SMILES string of the molecule is CC(C)CC(C)(C)N(CCOC(=O)CCNC(=O)[C@H](O)C(C)(C)CO)C(C)(C)C. The van der Waals surface area contributed by atoms with Crippen LogP contribution in [0.15, 0.2) is 0 Å². The maximum atomic E-state index is 12.0. The van der Waals surface area contributed by atoms with Gasteiger partial charge in [-0.2, -0.15) is 0 Å². The Morgan fingerprint density at radius 3 is 2.07 bits per heavy atom. The normalized spacial score (nSPS) is 14.2. The van der Waals surface area contributed by atoms with Gasteiger partial charge in [-0.25, -0.2) is 0 Å². The molecule has 0 saturated carbocycles. The molecule has 0 saturated heterocycles. The molecule has 0 aromatic heterocycles. The highest BCUT2D eigenvalue weighted by Gasteiger charge is 2.35. The number of ether oxygens (including phenoxy) is 1. The minimum absolute atomic E-state index is 0.0254. The summed E-state index contributed by atoms with van der Waals surface area (Å²) in [4.78, 5) is 26.3. The summed E-state index contributed by atoms with van der Waals surface area (Å²) in [5.74, 6) is -0.435. The second kappa shape index (κ2) is 11.3. The van der Waals surface area contributed by atoms with E-state index in [4.69, 9.17) is 4.74 Å². The third-order valence-corrected chi connectivity index (χ3v) is 5.05. The second-order valence-corrected chi connectivity index (χ2v) is 10.5. The Kier molecular flexibility index (Phi) is 10.8. The number of aliphatic hydroxyl groups excluding tert-OH is 2. The van der Waals surface area contributed by atoms with Gasteiger partial charge in [0.05, 0.1) is 13.0 Å². The fourth-order valence-corrected chi connectivity index (χ4v) is 3.80. The van der Waals surface area contributed by atoms with E-state index in [2.05, 4.69) is 58.7 Å². The summed E-state index contributed by atoms with van der Waals surface area (Å²) >= 11 is 0. The zero-order valence-corrected chi connectivity index (χ0v) is 20.0. The van der Waals surface area contributed by atoms with Crippen molar-refractivity contribution in [3.05, 3.63) is 0 Å². The highest BCUT2D eigenvalue weighted by molar-refractivity contribution is 5.81. The van der Waals surface area contributed by atoms with Crippen molar-refractivity contribution in [2.24, 2.45) is 11.3 Å². The quantitative estimate of drug-likeness (QED) is 0.422. The average Bonchev–Trinajstić information content (AvgIpc) is 2.55. The predicted octanol–water partition coefficient (Wildman–Crippen LogP) is 2.34. The molecule has 3 N–H and O–H groups in total. The van der Waals surface area contributed by atoms with Crippen LogP contribution in [-0.4, -0.2) is 70.5 Å². The van der Waals surface area contributed by atoms with Gasteiger partial charge in [0.25, 0.3) is 0 Å². The van der Waals surface area contributed by atoms with Crippen molar-refractivity contribution in [2.75, 3.05) is 26.3 Å². The molecule has 0 aliphatic rings. The lowest BCUT2D eigenvalue weighted by molar-refractivity contribution is -0.145. The van der Waals surface area contributed by atoms with Crippen molar-refractivity contribution >= 4 is 11.9 Å². The maximum absolute atomic E-state index is 12.0. The number of rotatable bonds is 12. The molecular weight excluding hydrogens is 372 g/mol. The Hall–Kier alpha value is -1.18. The van der Waals surface area contributed by atoms with Crippen LogP contribution in [0, 0.1) is 11.3 Å². The third-order valence-electron chi connectivity index (χ3n) is 5.05. The number of aliphatic hydroxyl groups is 2. The van der Waals surface area contributed by atoms with Gasteiger partial charge in [0.1, 0.15) is 12.7 Å². The number of esters is 1. The maximum Gasteiger partial charge on any atom is 0.307 e. The monoisotopic (exact) mass is 416 g/mol. The first-order chi connectivity index (χ1) is 13.0. The lowest BCUT2D eigenvalue weighted by atomic mass is 9.87. The molecule has 0 rings (SSSR count). The van der Waals surface area contributed by atoms with Crippen molar-refractivity contribution < 1.29 is 24.5 Å². The lowest BCUT2D eigenvalue weighted by Crippen LogP contribution is -2.55. The highest BCUT2D eigenvalue weighted by Crippen LogP contribution is 2.30. The molecule has 0 bridgehead atoms. The second-order valence-electron chi connectivity index (χ2n) is 10.5. The van der Waals surface area contributed by atoms with E-state index < -0.39 is 23.4 Å². The fourth-order valence-electron chi connectivity index (χ4n) is 3.80. The first kappa shape index (κ1) is 27.8. The van der Waals surface area contributed by atoms with Crippen molar-refractivity contribution in [3.8, 4) is 0 Å². The van der Waals surface area contributed by atoms with Gasteiger partial charge in [0, 0.05) is 29.6 Å². The molecule has 29 heavy (non-hydrogen) atoms. The molecule has 0 aliphatic heterocycles. The number of carbonyl (C=O) groups is 2. The fraction of sp³-hybridized carbons (Fsp3) is 0.909. The molecule has 7 nitrogen and oxygen atoms in total. The molecule has 1 atom stereocenters. The van der Waals surface area contributed by atoms with Crippen LogP contribution in [0.1, 0.15) is 75.2 Å². The van der Waals surface area contributed by atoms with Crippen molar-refractivity contribution in [1.82, 2.24) is 10.2 Å². The van der Waals surface area contributed by atoms with Crippen LogP contribution in [0.5, 0.6) is 0 Å². The van der Waals surface area contributed by atoms with E-state index in [0.29, 0.717) is 12.5 Å². The van der Waals surface area contributed by atoms with E-state index in [1.807, 2.05) is 0 Å². The number of hydrogen-bond donors (Lipinski definition) is 3. The first-order valence-corrected chi connectivity index (χ1v) is 10.5. The largest absolute Gasteiger partial charge is 0.464 e. The van der Waals surface area contributed by atoms with Gasteiger partial charge in [-0.3, -0.25) is 14.5 Å². The van der Waals surface area contributed by atoms with Gasteiger partial charge in [-0.1, -0.05) is 27.7 Å². The number of hydrogen-bond acceptors (Lipinski definition) is 6. The lowest BCUT2D eigenvalue weighted by Gasteiger charge is -2.48. The number of nitrogens with zero attached hydrogens (tertiary/aromatic N) is 1. The molecule has 172 valence electrons. The van der Waals surface area contributed by atoms with Crippen LogP contribution >= 0.6 is 0 Å². The zero-order chi connectivity index (χ0) is 23.0. The molecule has 7 heteroatoms. The number of amides is 1. The summed E-state index contributed by atoms with van der Waals surface area (Å²) < 4.78 is 5.36. The van der Waals surface area contributed by atoms with E-state index in [1.54, 1.807) is 13.8 Å². The molecule has 0 spiro atoms. The summed E-state index contributed by atoms with van der Waals surface area (Å²) in [5, 5.41) is 21.7. The molecule has 1 amide bonds. The van der Waals surface area contributed by atoms with E-state index in [1.165, 1.54) is 0 Å². The van der Waals surface area contributed by atoms with E-state index >= 15 is 0 Å². The Bertz CT molecular complexity index is 524. The zero-order valence-electron chi connectivity index (χ0n) is 20.0. The van der Waals surface area contributed by atoms with Crippen LogP contribution in [0.3, 0.4) is 0 Å². The highest BCUT2D eigenvalue weighted by atomic mass is 16.5. The Labute approximate surface area is 177 Å². The average molecular weight is 417 g/mol. The molecular formula is C22H44N2O5. The molecule has 0 aliphatic carbocycles. The van der Waals surface area contributed by atoms with Gasteiger partial charge < -0.3 is 20.3 Å². The smallest absolute Gasteiger partial charge is 0.307 e. The first-order valence-electron chi connectivity index (χ1n) is 10.5. The van der Waals surface area contributed by atoms with Crippen LogP contribution in [0.25, 0.3) is 0 Å². The standard InChI is InChI=1S/C22H44N2O5/c1-16(2)14-22(8,9)24(20(3,4)5)12-13-29-17(26)10-11-23-19(28)18(27)21(6,7)15-25/h16,18,25,27H,10-15H2,1-9H3,(H,23,28)/t18-/m0/s1. The topological polar surface area (TPSA) is 99.1 Å². The summed E-state index contributed by atoms with van der Waals surface area (Å²) in [6, 6.07) is 0. The van der Waals surface area contributed by atoms with Gasteiger partial charge in [-0.15, -0.1) is 0 Å². The minimum Gasteiger partial charge on any atom is -0.464 e. The minimum atomic E-state index is -1.34. The summed E-state index contributed by atoms with van der Waals surface area (Å²) in [5.41, 5.74) is -1.03. The molecule has 0 unspecified atom stereocenters. The van der Waals surface area contributed by atoms with Gasteiger partial charge in [-0.05, 0) is 47.0 Å². The Morgan fingerprint density at radius 1 is 1.07 bits per heavy atom. The molecule has 0 heterocycles. The molecule has 0 aromatic rings.